The Morgan fingerprint density at radius 2 is 1.74 bits per heavy atom. The molecular weight excluding hydrogens is 344 g/mol. The summed E-state index contributed by atoms with van der Waals surface area (Å²) >= 11 is 0. The normalized spacial score (nSPS) is 19.1. The predicted octanol–water partition coefficient (Wildman–Crippen LogP) is 2.32. The lowest BCUT2D eigenvalue weighted by Crippen LogP contribution is -2.54. The van der Waals surface area contributed by atoms with Crippen LogP contribution in [-0.2, 0) is 16.1 Å². The highest BCUT2D eigenvalue weighted by atomic mass is 16.6. The summed E-state index contributed by atoms with van der Waals surface area (Å²) in [5.74, 6) is 1.32. The fourth-order valence-electron chi connectivity index (χ4n) is 3.61. The van der Waals surface area contributed by atoms with Gasteiger partial charge in [0.25, 0.3) is 5.91 Å². The van der Waals surface area contributed by atoms with Crippen molar-refractivity contribution in [3.63, 3.8) is 0 Å². The number of benzene rings is 2. The van der Waals surface area contributed by atoms with E-state index in [1.54, 1.807) is 7.11 Å². The molecule has 1 amide bonds. The van der Waals surface area contributed by atoms with Crippen LogP contribution in [0.5, 0.6) is 11.5 Å². The second-order valence-electron chi connectivity index (χ2n) is 6.74. The van der Waals surface area contributed by atoms with Crippen molar-refractivity contribution in [1.29, 1.82) is 0 Å². The zero-order valence-electron chi connectivity index (χ0n) is 15.5. The molecule has 1 unspecified atom stereocenters. The maximum Gasteiger partial charge on any atom is 0.267 e. The van der Waals surface area contributed by atoms with Crippen LogP contribution in [0.1, 0.15) is 5.56 Å². The molecule has 0 radical (unpaired) electrons. The summed E-state index contributed by atoms with van der Waals surface area (Å²) in [5.41, 5.74) is 2.35. The van der Waals surface area contributed by atoms with E-state index in [1.165, 1.54) is 11.3 Å². The van der Waals surface area contributed by atoms with Gasteiger partial charge in [0, 0.05) is 44.5 Å². The van der Waals surface area contributed by atoms with Gasteiger partial charge in [-0.3, -0.25) is 4.79 Å². The van der Waals surface area contributed by atoms with Crippen molar-refractivity contribution in [2.75, 3.05) is 44.8 Å². The molecule has 2 aromatic rings. The fraction of sp³-hybridized carbons (Fsp3) is 0.381. The van der Waals surface area contributed by atoms with Crippen LogP contribution in [0.25, 0.3) is 0 Å². The number of ether oxygens (including phenoxy) is 3. The number of piperazine rings is 1. The van der Waals surface area contributed by atoms with Crippen LogP contribution in [0.2, 0.25) is 0 Å². The molecule has 0 aromatic heterocycles. The largest absolute Gasteiger partial charge is 0.485 e. The third-order valence-electron chi connectivity index (χ3n) is 5.01. The van der Waals surface area contributed by atoms with Crippen LogP contribution in [0.15, 0.2) is 48.5 Å². The summed E-state index contributed by atoms with van der Waals surface area (Å²) in [6.45, 7) is 3.76. The molecule has 6 heteroatoms. The average Bonchev–Trinajstić information content (AvgIpc) is 2.74. The second-order valence-corrected chi connectivity index (χ2v) is 6.74. The summed E-state index contributed by atoms with van der Waals surface area (Å²) in [6, 6.07) is 15.7. The number of fused-ring (bicyclic) bond motifs is 1. The number of carbonyl (C=O) groups is 1. The first-order chi connectivity index (χ1) is 13.3. The maximum absolute atomic E-state index is 12.9. The molecule has 0 saturated carbocycles. The Kier molecular flexibility index (Phi) is 5.16. The number of methoxy groups -OCH3 is 1. The van der Waals surface area contributed by atoms with Gasteiger partial charge in [0.2, 0.25) is 6.10 Å². The SMILES string of the molecule is COCc1ccccc1N1CCN(C(=O)C2COc3ccccc3O2)CC1. The molecule has 2 aliphatic heterocycles. The van der Waals surface area contributed by atoms with Gasteiger partial charge in [0.05, 0.1) is 6.61 Å². The van der Waals surface area contributed by atoms with Crippen LogP contribution in [0.4, 0.5) is 5.69 Å². The van der Waals surface area contributed by atoms with Crippen molar-refractivity contribution in [2.24, 2.45) is 0 Å². The van der Waals surface area contributed by atoms with Crippen LogP contribution in [0, 0.1) is 0 Å². The van der Waals surface area contributed by atoms with Gasteiger partial charge in [-0.1, -0.05) is 30.3 Å². The highest BCUT2D eigenvalue weighted by Crippen LogP contribution is 2.31. The van der Waals surface area contributed by atoms with Crippen LogP contribution in [0.3, 0.4) is 0 Å². The summed E-state index contributed by atoms with van der Waals surface area (Å²) in [7, 11) is 1.71. The van der Waals surface area contributed by atoms with Gasteiger partial charge in [-0.25, -0.2) is 0 Å². The molecule has 1 fully saturated rings. The minimum atomic E-state index is -0.577. The number of para-hydroxylation sites is 3. The van der Waals surface area contributed by atoms with Crippen molar-refractivity contribution >= 4 is 11.6 Å². The van der Waals surface area contributed by atoms with Crippen molar-refractivity contribution in [2.45, 2.75) is 12.7 Å². The Labute approximate surface area is 159 Å². The second kappa shape index (κ2) is 7.88. The van der Waals surface area contributed by atoms with Gasteiger partial charge in [-0.2, -0.15) is 0 Å². The quantitative estimate of drug-likeness (QED) is 0.829. The first-order valence-corrected chi connectivity index (χ1v) is 9.25. The van der Waals surface area contributed by atoms with E-state index in [-0.39, 0.29) is 12.5 Å². The van der Waals surface area contributed by atoms with Crippen molar-refractivity contribution in [3.05, 3.63) is 54.1 Å². The Bertz CT molecular complexity index is 802. The summed E-state index contributed by atoms with van der Waals surface area (Å²) in [4.78, 5) is 17.0. The van der Waals surface area contributed by atoms with E-state index in [9.17, 15) is 4.79 Å². The Balaban J connectivity index is 1.38. The number of amides is 1. The molecule has 1 saturated heterocycles. The minimum Gasteiger partial charge on any atom is -0.485 e. The summed E-state index contributed by atoms with van der Waals surface area (Å²) in [5, 5.41) is 0. The molecule has 142 valence electrons. The summed E-state index contributed by atoms with van der Waals surface area (Å²) in [6.07, 6.45) is -0.577. The van der Waals surface area contributed by atoms with E-state index < -0.39 is 6.10 Å². The van der Waals surface area contributed by atoms with E-state index >= 15 is 0 Å². The van der Waals surface area contributed by atoms with Crippen LogP contribution >= 0.6 is 0 Å². The molecule has 0 aliphatic carbocycles. The van der Waals surface area contributed by atoms with Crippen molar-refractivity contribution < 1.29 is 19.0 Å². The van der Waals surface area contributed by atoms with Crippen LogP contribution < -0.4 is 14.4 Å². The third-order valence-corrected chi connectivity index (χ3v) is 5.01. The zero-order valence-corrected chi connectivity index (χ0v) is 15.5. The molecule has 4 rings (SSSR count). The Morgan fingerprint density at radius 1 is 1.04 bits per heavy atom. The third kappa shape index (κ3) is 3.71. The number of hydrogen-bond acceptors (Lipinski definition) is 5. The Hall–Kier alpha value is -2.73. The topological polar surface area (TPSA) is 51.2 Å². The van der Waals surface area contributed by atoms with Gasteiger partial charge in [0.15, 0.2) is 11.5 Å². The molecule has 0 spiro atoms. The lowest BCUT2D eigenvalue weighted by Gasteiger charge is -2.38. The number of rotatable bonds is 4. The first-order valence-electron chi connectivity index (χ1n) is 9.25. The predicted molar refractivity (Wildman–Crippen MR) is 102 cm³/mol. The minimum absolute atomic E-state index is 0.00525. The standard InChI is InChI=1S/C21H24N2O4/c1-25-14-16-6-2-3-7-17(16)22-10-12-23(13-11-22)21(24)20-15-26-18-8-4-5-9-19(18)27-20/h2-9,20H,10-15H2,1H3. The molecule has 2 aromatic carbocycles. The highest BCUT2D eigenvalue weighted by molar-refractivity contribution is 5.82. The summed E-state index contributed by atoms with van der Waals surface area (Å²) < 4.78 is 16.9. The maximum atomic E-state index is 12.9. The van der Waals surface area contributed by atoms with Gasteiger partial charge in [-0.05, 0) is 18.2 Å². The number of hydrogen-bond donors (Lipinski definition) is 0. The highest BCUT2D eigenvalue weighted by Gasteiger charge is 2.32. The lowest BCUT2D eigenvalue weighted by molar-refractivity contribution is -0.141. The molecule has 0 N–H and O–H groups in total. The van der Waals surface area contributed by atoms with Gasteiger partial charge < -0.3 is 24.0 Å². The molecule has 0 bridgehead atoms. The first kappa shape index (κ1) is 17.7. The smallest absolute Gasteiger partial charge is 0.267 e. The van der Waals surface area contributed by atoms with E-state index in [4.69, 9.17) is 14.2 Å². The van der Waals surface area contributed by atoms with Crippen molar-refractivity contribution in [3.8, 4) is 11.5 Å². The van der Waals surface area contributed by atoms with Gasteiger partial charge in [0.1, 0.15) is 6.61 Å². The molecule has 2 heterocycles. The molecule has 1 atom stereocenters. The van der Waals surface area contributed by atoms with Gasteiger partial charge >= 0.3 is 0 Å². The van der Waals surface area contributed by atoms with E-state index in [0.717, 1.165) is 13.1 Å². The number of anilines is 1. The lowest BCUT2D eigenvalue weighted by atomic mass is 10.1. The average molecular weight is 368 g/mol. The van der Waals surface area contributed by atoms with E-state index in [2.05, 4.69) is 17.0 Å². The van der Waals surface area contributed by atoms with Crippen molar-refractivity contribution in [1.82, 2.24) is 4.90 Å². The van der Waals surface area contributed by atoms with Crippen LogP contribution in [-0.4, -0.2) is 56.8 Å². The molecule has 27 heavy (non-hydrogen) atoms. The fourth-order valence-corrected chi connectivity index (χ4v) is 3.61. The molecular formula is C21H24N2O4. The van der Waals surface area contributed by atoms with Gasteiger partial charge in [-0.15, -0.1) is 0 Å². The monoisotopic (exact) mass is 368 g/mol. The molecule has 6 nitrogen and oxygen atoms in total. The number of nitrogens with zero attached hydrogens (tertiary/aromatic N) is 2. The zero-order chi connectivity index (χ0) is 18.6. The van der Waals surface area contributed by atoms with E-state index in [1.807, 2.05) is 41.3 Å². The number of carbonyl (C=O) groups excluding carboxylic acids is 1. The Morgan fingerprint density at radius 3 is 2.52 bits per heavy atom. The molecule has 2 aliphatic rings. The van der Waals surface area contributed by atoms with E-state index in [0.29, 0.717) is 31.2 Å².